The first-order valence-electron chi connectivity index (χ1n) is 9.50. The second-order valence-corrected chi connectivity index (χ2v) is 7.88. The van der Waals surface area contributed by atoms with Gasteiger partial charge in [-0.05, 0) is 38.1 Å². The number of carbonyl (C=O) groups excluding carboxylic acids is 1. The second-order valence-electron chi connectivity index (χ2n) is 7.03. The van der Waals surface area contributed by atoms with Crippen LogP contribution in [0.3, 0.4) is 0 Å². The Morgan fingerprint density at radius 2 is 2.07 bits per heavy atom. The number of ether oxygens (including phenoxy) is 3. The number of hydrogen-bond acceptors (Lipinski definition) is 7. The van der Waals surface area contributed by atoms with E-state index in [4.69, 9.17) is 14.2 Å². The second kappa shape index (κ2) is 9.87. The molecule has 2 aromatic rings. The van der Waals surface area contributed by atoms with Gasteiger partial charge in [0.2, 0.25) is 5.91 Å². The summed E-state index contributed by atoms with van der Waals surface area (Å²) in [6.45, 7) is 6.68. The van der Waals surface area contributed by atoms with Crippen molar-refractivity contribution in [2.75, 3.05) is 32.6 Å². The summed E-state index contributed by atoms with van der Waals surface area (Å²) in [6, 6.07) is 5.43. The van der Waals surface area contributed by atoms with Crippen molar-refractivity contribution in [3.63, 3.8) is 0 Å². The van der Waals surface area contributed by atoms with Crippen LogP contribution in [-0.2, 0) is 16.1 Å². The van der Waals surface area contributed by atoms with E-state index in [9.17, 15) is 4.79 Å². The molecule has 1 amide bonds. The number of anilines is 1. The normalized spacial score (nSPS) is 20.0. The minimum Gasteiger partial charge on any atom is -0.497 e. The van der Waals surface area contributed by atoms with Gasteiger partial charge >= 0.3 is 0 Å². The molecule has 8 heteroatoms. The maximum Gasteiger partial charge on any atom is 0.250 e. The lowest BCUT2D eigenvalue weighted by molar-refractivity contribution is -0.111. The number of nitrogens with one attached hydrogen (secondary N) is 1. The molecule has 156 valence electrons. The molecule has 0 aliphatic carbocycles. The lowest BCUT2D eigenvalue weighted by Crippen LogP contribution is -2.44. The molecule has 2 atom stereocenters. The molecule has 2 unspecified atom stereocenters. The number of hydrogen-bond donors (Lipinski definition) is 1. The fourth-order valence-electron chi connectivity index (χ4n) is 3.36. The standard InChI is InChI=1S/C21H27N3O4S/c1-14-10-24(11-15(2)28-14)12-17-13-29-21(22-17)23-20(25)8-5-16-9-18(26-3)6-7-19(16)27-4/h5-9,13-15H,10-12H2,1-4H3,(H,22,23,25)/b8-5+. The van der Waals surface area contributed by atoms with Gasteiger partial charge in [0.1, 0.15) is 11.5 Å². The largest absolute Gasteiger partial charge is 0.497 e. The summed E-state index contributed by atoms with van der Waals surface area (Å²) in [5.74, 6) is 1.12. The molecule has 0 saturated carbocycles. The van der Waals surface area contributed by atoms with E-state index >= 15 is 0 Å². The Morgan fingerprint density at radius 3 is 2.76 bits per heavy atom. The molecule has 1 aromatic heterocycles. The average molecular weight is 418 g/mol. The molecule has 29 heavy (non-hydrogen) atoms. The Hall–Kier alpha value is -2.42. The summed E-state index contributed by atoms with van der Waals surface area (Å²) < 4.78 is 16.3. The van der Waals surface area contributed by atoms with Gasteiger partial charge in [0.15, 0.2) is 5.13 Å². The smallest absolute Gasteiger partial charge is 0.250 e. The summed E-state index contributed by atoms with van der Waals surface area (Å²) in [7, 11) is 3.19. The van der Waals surface area contributed by atoms with Crippen molar-refractivity contribution in [2.24, 2.45) is 0 Å². The molecule has 1 N–H and O–H groups in total. The minimum atomic E-state index is -0.246. The molecule has 1 saturated heterocycles. The van der Waals surface area contributed by atoms with Gasteiger partial charge in [-0.2, -0.15) is 0 Å². The highest BCUT2D eigenvalue weighted by Gasteiger charge is 2.22. The fourth-order valence-corrected chi connectivity index (χ4v) is 4.07. The third-order valence-corrected chi connectivity index (χ3v) is 5.32. The Bertz CT molecular complexity index is 857. The van der Waals surface area contributed by atoms with Crippen LogP contribution in [0.15, 0.2) is 29.7 Å². The predicted molar refractivity (Wildman–Crippen MR) is 115 cm³/mol. The Balaban J connectivity index is 1.58. The molecule has 0 bridgehead atoms. The zero-order chi connectivity index (χ0) is 20.8. The number of morpholine rings is 1. The first-order valence-corrected chi connectivity index (χ1v) is 10.4. The Kier molecular flexibility index (Phi) is 7.24. The SMILES string of the molecule is COc1ccc(OC)c(/C=C/C(=O)Nc2nc(CN3CC(C)OC(C)C3)cs2)c1. The lowest BCUT2D eigenvalue weighted by Gasteiger charge is -2.34. The maximum absolute atomic E-state index is 12.3. The zero-order valence-electron chi connectivity index (χ0n) is 17.2. The number of thiazole rings is 1. The van der Waals surface area contributed by atoms with Crippen molar-refractivity contribution < 1.29 is 19.0 Å². The number of nitrogens with zero attached hydrogens (tertiary/aromatic N) is 2. The van der Waals surface area contributed by atoms with E-state index in [1.165, 1.54) is 17.4 Å². The monoisotopic (exact) mass is 417 g/mol. The van der Waals surface area contributed by atoms with Crippen molar-refractivity contribution in [2.45, 2.75) is 32.6 Å². The average Bonchev–Trinajstić information content (AvgIpc) is 3.11. The third-order valence-electron chi connectivity index (χ3n) is 4.51. The van der Waals surface area contributed by atoms with Gasteiger partial charge in [0, 0.05) is 36.7 Å². The van der Waals surface area contributed by atoms with Crippen LogP contribution >= 0.6 is 11.3 Å². The molecule has 3 rings (SSSR count). The van der Waals surface area contributed by atoms with Crippen LogP contribution < -0.4 is 14.8 Å². The van der Waals surface area contributed by atoms with Crippen LogP contribution in [0, 0.1) is 0 Å². The van der Waals surface area contributed by atoms with E-state index in [0.29, 0.717) is 16.6 Å². The summed E-state index contributed by atoms with van der Waals surface area (Å²) in [6.07, 6.45) is 3.59. The summed E-state index contributed by atoms with van der Waals surface area (Å²) in [5, 5.41) is 5.39. The van der Waals surface area contributed by atoms with Gasteiger partial charge in [0.05, 0.1) is 32.1 Å². The summed E-state index contributed by atoms with van der Waals surface area (Å²) in [4.78, 5) is 19.2. The number of methoxy groups -OCH3 is 2. The van der Waals surface area contributed by atoms with Crippen molar-refractivity contribution in [1.82, 2.24) is 9.88 Å². The van der Waals surface area contributed by atoms with Gasteiger partial charge < -0.3 is 14.2 Å². The van der Waals surface area contributed by atoms with Gasteiger partial charge in [0.25, 0.3) is 0 Å². The number of rotatable bonds is 7. The Labute approximate surface area is 175 Å². The first kappa shape index (κ1) is 21.3. The van der Waals surface area contributed by atoms with E-state index < -0.39 is 0 Å². The lowest BCUT2D eigenvalue weighted by atomic mass is 10.1. The molecular formula is C21H27N3O4S. The number of carbonyl (C=O) groups is 1. The molecule has 1 aliphatic heterocycles. The predicted octanol–water partition coefficient (Wildman–Crippen LogP) is 3.42. The van der Waals surface area contributed by atoms with Crippen molar-refractivity contribution in [3.05, 3.63) is 40.9 Å². The van der Waals surface area contributed by atoms with E-state index in [1.807, 2.05) is 17.5 Å². The number of amides is 1. The molecular weight excluding hydrogens is 390 g/mol. The van der Waals surface area contributed by atoms with Crippen LogP contribution in [0.25, 0.3) is 6.08 Å². The van der Waals surface area contributed by atoms with Crippen LogP contribution in [0.4, 0.5) is 5.13 Å². The van der Waals surface area contributed by atoms with Gasteiger partial charge in [-0.25, -0.2) is 4.98 Å². The topological polar surface area (TPSA) is 72.9 Å². The van der Waals surface area contributed by atoms with Crippen LogP contribution in [0.5, 0.6) is 11.5 Å². The highest BCUT2D eigenvalue weighted by atomic mass is 32.1. The van der Waals surface area contributed by atoms with E-state index in [2.05, 4.69) is 29.0 Å². The number of aromatic nitrogens is 1. The molecule has 1 fully saturated rings. The van der Waals surface area contributed by atoms with Crippen molar-refractivity contribution in [3.8, 4) is 11.5 Å². The van der Waals surface area contributed by atoms with Crippen LogP contribution in [-0.4, -0.2) is 55.3 Å². The molecule has 0 radical (unpaired) electrons. The highest BCUT2D eigenvalue weighted by molar-refractivity contribution is 7.13. The zero-order valence-corrected chi connectivity index (χ0v) is 18.0. The summed E-state index contributed by atoms with van der Waals surface area (Å²) in [5.41, 5.74) is 1.71. The summed E-state index contributed by atoms with van der Waals surface area (Å²) >= 11 is 1.42. The third kappa shape index (κ3) is 6.03. The Morgan fingerprint density at radius 1 is 1.31 bits per heavy atom. The van der Waals surface area contributed by atoms with Crippen molar-refractivity contribution in [1.29, 1.82) is 0 Å². The molecule has 1 aromatic carbocycles. The van der Waals surface area contributed by atoms with Gasteiger partial charge in [-0.15, -0.1) is 11.3 Å². The first-order chi connectivity index (χ1) is 14.0. The molecule has 0 spiro atoms. The van der Waals surface area contributed by atoms with E-state index in [1.54, 1.807) is 26.4 Å². The van der Waals surface area contributed by atoms with Crippen molar-refractivity contribution >= 4 is 28.5 Å². The fraction of sp³-hybridized carbons (Fsp3) is 0.429. The minimum absolute atomic E-state index is 0.218. The van der Waals surface area contributed by atoms with E-state index in [-0.39, 0.29) is 18.1 Å². The van der Waals surface area contributed by atoms with Crippen LogP contribution in [0.1, 0.15) is 25.1 Å². The highest BCUT2D eigenvalue weighted by Crippen LogP contribution is 2.25. The molecule has 2 heterocycles. The maximum atomic E-state index is 12.3. The quantitative estimate of drug-likeness (QED) is 0.696. The van der Waals surface area contributed by atoms with Gasteiger partial charge in [-0.3, -0.25) is 15.0 Å². The van der Waals surface area contributed by atoms with Crippen LogP contribution in [0.2, 0.25) is 0 Å². The number of benzene rings is 1. The molecule has 7 nitrogen and oxygen atoms in total. The van der Waals surface area contributed by atoms with E-state index in [0.717, 1.165) is 30.9 Å². The molecule has 1 aliphatic rings. The van der Waals surface area contributed by atoms with Gasteiger partial charge in [-0.1, -0.05) is 0 Å².